The Kier molecular flexibility index (Phi) is 5.79. The van der Waals surface area contributed by atoms with Crippen LogP contribution in [0.25, 0.3) is 0 Å². The molecule has 0 aromatic heterocycles. The first-order valence-corrected chi connectivity index (χ1v) is 11.8. The second-order valence-corrected chi connectivity index (χ2v) is 9.81. The molecule has 1 amide bonds. The predicted octanol–water partition coefficient (Wildman–Crippen LogP) is 2.66. The molecule has 0 spiro atoms. The van der Waals surface area contributed by atoms with Crippen molar-refractivity contribution in [3.05, 3.63) is 57.1 Å². The Bertz CT molecular complexity index is 1300. The van der Waals surface area contributed by atoms with Crippen LogP contribution in [0.3, 0.4) is 0 Å². The molecule has 14 heteroatoms. The lowest BCUT2D eigenvalue weighted by Crippen LogP contribution is -2.35. The average Bonchev–Trinajstić information content (AvgIpc) is 3.08. The molecule has 2 heterocycles. The molecule has 2 aliphatic rings. The molecule has 0 aliphatic carbocycles. The Morgan fingerprint density at radius 3 is 2.81 bits per heavy atom. The van der Waals surface area contributed by atoms with Crippen molar-refractivity contribution in [3.63, 3.8) is 0 Å². The molecule has 0 radical (unpaired) electrons. The van der Waals surface area contributed by atoms with Crippen molar-refractivity contribution in [2.45, 2.75) is 4.90 Å². The van der Waals surface area contributed by atoms with Crippen LogP contribution in [0.15, 0.2) is 45.7 Å². The second kappa shape index (κ2) is 8.41. The lowest BCUT2D eigenvalue weighted by molar-refractivity contribution is -0.384. The zero-order valence-corrected chi connectivity index (χ0v) is 18.4. The van der Waals surface area contributed by atoms with Crippen molar-refractivity contribution >= 4 is 67.5 Å². The van der Waals surface area contributed by atoms with E-state index in [1.165, 1.54) is 24.3 Å². The van der Waals surface area contributed by atoms with Gasteiger partial charge in [-0.25, -0.2) is 13.2 Å². The molecule has 2 aromatic rings. The Morgan fingerprint density at radius 1 is 1.28 bits per heavy atom. The summed E-state index contributed by atoms with van der Waals surface area (Å²) in [5.74, 6) is -1.59. The first kappa shape index (κ1) is 22.0. The van der Waals surface area contributed by atoms with Gasteiger partial charge in [0.25, 0.3) is 21.6 Å². The fourth-order valence-electron chi connectivity index (χ4n) is 2.98. The summed E-state index contributed by atoms with van der Waals surface area (Å²) in [5.41, 5.74) is 0.660. The highest BCUT2D eigenvalue weighted by molar-refractivity contribution is 8.15. The van der Waals surface area contributed by atoms with Gasteiger partial charge >= 0.3 is 5.97 Å². The molecule has 2 aromatic carbocycles. The highest BCUT2D eigenvalue weighted by Crippen LogP contribution is 2.42. The number of rotatable bonds is 5. The Balaban J connectivity index is 1.40. The second-order valence-electron chi connectivity index (χ2n) is 6.64. The highest BCUT2D eigenvalue weighted by atomic mass is 35.5. The Morgan fingerprint density at radius 2 is 2.06 bits per heavy atom. The number of thioether (sulfide) groups is 1. The van der Waals surface area contributed by atoms with E-state index in [1.807, 2.05) is 0 Å². The molecule has 0 saturated heterocycles. The molecule has 32 heavy (non-hydrogen) atoms. The number of nitrogens with one attached hydrogen (secondary N) is 1. The number of anilines is 2. The number of fused-ring (bicyclic) bond motifs is 3. The zero-order chi connectivity index (χ0) is 23.0. The third-order valence-corrected chi connectivity index (χ3v) is 7.11. The van der Waals surface area contributed by atoms with Gasteiger partial charge in [0.15, 0.2) is 11.8 Å². The van der Waals surface area contributed by atoms with E-state index in [1.54, 1.807) is 11.0 Å². The topological polar surface area (TPSA) is 148 Å². The van der Waals surface area contributed by atoms with Crippen LogP contribution in [0.2, 0.25) is 5.02 Å². The van der Waals surface area contributed by atoms with Crippen LogP contribution >= 0.6 is 23.4 Å². The van der Waals surface area contributed by atoms with Crippen LogP contribution in [0.5, 0.6) is 0 Å². The van der Waals surface area contributed by atoms with Crippen molar-refractivity contribution in [2.24, 2.45) is 4.40 Å². The number of ether oxygens (including phenoxy) is 1. The van der Waals surface area contributed by atoms with Crippen LogP contribution in [0.1, 0.15) is 10.4 Å². The van der Waals surface area contributed by atoms with E-state index in [0.717, 1.165) is 23.5 Å². The number of non-ortho nitro benzene ring substituents is 1. The lowest BCUT2D eigenvalue weighted by atomic mass is 10.2. The van der Waals surface area contributed by atoms with E-state index in [-0.39, 0.29) is 34.3 Å². The molecule has 166 valence electrons. The average molecular weight is 497 g/mol. The molecule has 0 saturated carbocycles. The van der Waals surface area contributed by atoms with Gasteiger partial charge in [0.1, 0.15) is 0 Å². The summed E-state index contributed by atoms with van der Waals surface area (Å²) >= 11 is 7.05. The first-order chi connectivity index (χ1) is 15.1. The first-order valence-electron chi connectivity index (χ1n) is 8.96. The minimum absolute atomic E-state index is 0.0169. The fraction of sp³-hybridized carbons (Fsp3) is 0.167. The standard InChI is InChI=1S/C18H13ClN4O7S2/c19-12-3-2-11(23(26)27)8-13(12)20-16(24)9-30-17(25)10-1-4-14-15(7-10)31-18-21-32(28,29)6-5-22(14)18/h1-4,7-8H,5-6,9H2,(H,20,24). The number of carbonyl (C=O) groups is 2. The van der Waals surface area contributed by atoms with E-state index in [4.69, 9.17) is 16.3 Å². The van der Waals surface area contributed by atoms with Crippen LogP contribution < -0.4 is 10.2 Å². The smallest absolute Gasteiger partial charge is 0.338 e. The van der Waals surface area contributed by atoms with Crippen molar-refractivity contribution in [1.82, 2.24) is 0 Å². The van der Waals surface area contributed by atoms with Gasteiger partial charge in [-0.2, -0.15) is 0 Å². The number of nitrogens with zero attached hydrogens (tertiary/aromatic N) is 3. The summed E-state index contributed by atoms with van der Waals surface area (Å²) in [5, 5.41) is 13.6. The zero-order valence-electron chi connectivity index (χ0n) is 16.0. The lowest BCUT2D eigenvalue weighted by Gasteiger charge is -2.22. The number of amides is 1. The molecule has 0 atom stereocenters. The molecular weight excluding hydrogens is 484 g/mol. The molecular formula is C18H13ClN4O7S2. The van der Waals surface area contributed by atoms with Gasteiger partial charge in [-0.1, -0.05) is 11.6 Å². The predicted molar refractivity (Wildman–Crippen MR) is 118 cm³/mol. The summed E-state index contributed by atoms with van der Waals surface area (Å²) in [6.07, 6.45) is 0. The minimum Gasteiger partial charge on any atom is -0.452 e. The number of nitro groups is 1. The molecule has 4 rings (SSSR count). The SMILES string of the molecule is O=C(COC(=O)c1ccc2c(c1)SC1=NS(=O)(=O)CCN12)Nc1cc([N+](=O)[O-])ccc1Cl. The summed E-state index contributed by atoms with van der Waals surface area (Å²) < 4.78 is 32.1. The number of amidine groups is 1. The number of halogens is 1. The van der Waals surface area contributed by atoms with Gasteiger partial charge in [-0.05, 0) is 36.0 Å². The quantitative estimate of drug-likeness (QED) is 0.374. The number of carbonyl (C=O) groups excluding carboxylic acids is 2. The summed E-state index contributed by atoms with van der Waals surface area (Å²) in [4.78, 5) is 37.1. The van der Waals surface area contributed by atoms with Gasteiger partial charge in [0.2, 0.25) is 0 Å². The maximum Gasteiger partial charge on any atom is 0.338 e. The minimum atomic E-state index is -3.49. The number of sulfonamides is 1. The summed E-state index contributed by atoms with van der Waals surface area (Å²) in [6.45, 7) is -0.371. The van der Waals surface area contributed by atoms with Crippen LogP contribution in [0.4, 0.5) is 17.1 Å². The van der Waals surface area contributed by atoms with Crippen molar-refractivity contribution in [3.8, 4) is 0 Å². The normalized spacial score (nSPS) is 15.9. The maximum atomic E-state index is 12.4. The van der Waals surface area contributed by atoms with Crippen molar-refractivity contribution in [2.75, 3.05) is 29.1 Å². The molecule has 0 fully saturated rings. The van der Waals surface area contributed by atoms with E-state index in [0.29, 0.717) is 10.1 Å². The van der Waals surface area contributed by atoms with Crippen molar-refractivity contribution < 1.29 is 27.7 Å². The molecule has 0 unspecified atom stereocenters. The van der Waals surface area contributed by atoms with E-state index < -0.39 is 33.4 Å². The van der Waals surface area contributed by atoms with E-state index in [9.17, 15) is 28.1 Å². The van der Waals surface area contributed by atoms with Crippen LogP contribution in [-0.2, 0) is 19.6 Å². The third kappa shape index (κ3) is 4.54. The Hall–Kier alpha value is -3.16. The largest absolute Gasteiger partial charge is 0.452 e. The van der Waals surface area contributed by atoms with Crippen LogP contribution in [0, 0.1) is 10.1 Å². The van der Waals surface area contributed by atoms with E-state index in [2.05, 4.69) is 9.71 Å². The summed E-state index contributed by atoms with van der Waals surface area (Å²) in [7, 11) is -3.49. The third-order valence-electron chi connectivity index (χ3n) is 4.48. The number of hydrogen-bond acceptors (Lipinski definition) is 9. The summed E-state index contributed by atoms with van der Waals surface area (Å²) in [6, 6.07) is 8.25. The van der Waals surface area contributed by atoms with Gasteiger partial charge < -0.3 is 15.0 Å². The molecule has 2 aliphatic heterocycles. The van der Waals surface area contributed by atoms with Crippen LogP contribution in [-0.4, -0.2) is 49.3 Å². The molecule has 0 bridgehead atoms. The van der Waals surface area contributed by atoms with Crippen molar-refractivity contribution in [1.29, 1.82) is 0 Å². The number of nitro benzene ring substituents is 1. The number of esters is 1. The van der Waals surface area contributed by atoms with Gasteiger partial charge in [0, 0.05) is 23.6 Å². The van der Waals surface area contributed by atoms with E-state index >= 15 is 0 Å². The number of benzene rings is 2. The molecule has 11 nitrogen and oxygen atoms in total. The number of hydrogen-bond donors (Lipinski definition) is 1. The highest BCUT2D eigenvalue weighted by Gasteiger charge is 2.33. The Labute approximate surface area is 190 Å². The van der Waals surface area contributed by atoms with Gasteiger partial charge in [-0.3, -0.25) is 14.9 Å². The monoisotopic (exact) mass is 496 g/mol. The van der Waals surface area contributed by atoms with Gasteiger partial charge in [0.05, 0.1) is 32.6 Å². The maximum absolute atomic E-state index is 12.4. The fourth-order valence-corrected chi connectivity index (χ4v) is 5.44. The molecule has 1 N–H and O–H groups in total. The van der Waals surface area contributed by atoms with Gasteiger partial charge in [-0.15, -0.1) is 4.40 Å².